The van der Waals surface area contributed by atoms with Gasteiger partial charge in [0.25, 0.3) is 0 Å². The SMILES string of the molecule is CC1(C)C2CCC1(C)C(SC1=NCCS1)C2=O. The fourth-order valence-corrected chi connectivity index (χ4v) is 6.34. The Hall–Kier alpha value is 0.0400. The molecule has 0 amide bonds. The number of fused-ring (bicyclic) bond motifs is 2. The Kier molecular flexibility index (Phi) is 2.68. The van der Waals surface area contributed by atoms with Gasteiger partial charge in [-0.25, -0.2) is 0 Å². The van der Waals surface area contributed by atoms with Crippen molar-refractivity contribution >= 4 is 33.7 Å². The minimum absolute atomic E-state index is 0.153. The van der Waals surface area contributed by atoms with Crippen molar-refractivity contribution in [1.29, 1.82) is 0 Å². The summed E-state index contributed by atoms with van der Waals surface area (Å²) in [6.45, 7) is 7.81. The molecule has 0 spiro atoms. The zero-order valence-electron chi connectivity index (χ0n) is 10.7. The Labute approximate surface area is 111 Å². The largest absolute Gasteiger partial charge is 0.298 e. The highest BCUT2D eigenvalue weighted by atomic mass is 32.2. The standard InChI is InChI=1S/C13H19NOS2/c1-12(2)8-4-5-13(12,3)10(9(8)15)17-11-14-6-7-16-11/h8,10H,4-7H2,1-3H3. The second-order valence-corrected chi connectivity index (χ2v) is 8.56. The molecule has 3 atom stereocenters. The molecule has 0 radical (unpaired) electrons. The molecule has 3 unspecified atom stereocenters. The lowest BCUT2D eigenvalue weighted by atomic mass is 9.71. The van der Waals surface area contributed by atoms with Crippen LogP contribution in [-0.4, -0.2) is 27.7 Å². The van der Waals surface area contributed by atoms with Crippen molar-refractivity contribution in [2.75, 3.05) is 12.3 Å². The number of aliphatic imine (C=N–C) groups is 1. The summed E-state index contributed by atoms with van der Waals surface area (Å²) in [5, 5.41) is 0.153. The summed E-state index contributed by atoms with van der Waals surface area (Å²) in [5.74, 6) is 1.87. The first-order chi connectivity index (χ1) is 7.97. The molecule has 1 aliphatic heterocycles. The summed E-state index contributed by atoms with van der Waals surface area (Å²) in [6.07, 6.45) is 2.30. The number of thioether (sulfide) groups is 2. The first-order valence-electron chi connectivity index (χ1n) is 6.34. The number of hydrogen-bond donors (Lipinski definition) is 0. The molecular formula is C13H19NOS2. The molecular weight excluding hydrogens is 250 g/mol. The van der Waals surface area contributed by atoms with Gasteiger partial charge in [0.15, 0.2) is 0 Å². The van der Waals surface area contributed by atoms with Crippen LogP contribution in [0.15, 0.2) is 4.99 Å². The minimum atomic E-state index is 0.153. The summed E-state index contributed by atoms with van der Waals surface area (Å²) in [6, 6.07) is 0. The Balaban J connectivity index is 1.88. The third kappa shape index (κ3) is 1.49. The van der Waals surface area contributed by atoms with E-state index in [9.17, 15) is 4.79 Å². The fourth-order valence-electron chi connectivity index (χ4n) is 3.66. The number of carbonyl (C=O) groups excluding carboxylic acids is 1. The summed E-state index contributed by atoms with van der Waals surface area (Å²) in [4.78, 5) is 17.0. The van der Waals surface area contributed by atoms with E-state index in [0.29, 0.717) is 5.78 Å². The van der Waals surface area contributed by atoms with E-state index in [1.165, 1.54) is 6.42 Å². The molecule has 94 valence electrons. The van der Waals surface area contributed by atoms with E-state index in [1.54, 1.807) is 11.8 Å². The van der Waals surface area contributed by atoms with Crippen molar-refractivity contribution < 1.29 is 4.79 Å². The normalized spacial score (nSPS) is 43.2. The topological polar surface area (TPSA) is 29.4 Å². The number of ketones is 1. The van der Waals surface area contributed by atoms with Crippen LogP contribution in [0.3, 0.4) is 0 Å². The van der Waals surface area contributed by atoms with Gasteiger partial charge in [-0.1, -0.05) is 44.3 Å². The van der Waals surface area contributed by atoms with Crippen molar-refractivity contribution in [2.24, 2.45) is 21.7 Å². The van der Waals surface area contributed by atoms with Crippen molar-refractivity contribution in [1.82, 2.24) is 0 Å². The second kappa shape index (κ2) is 3.77. The molecule has 0 saturated heterocycles. The van der Waals surface area contributed by atoms with Gasteiger partial charge in [-0.15, -0.1) is 0 Å². The highest BCUT2D eigenvalue weighted by Gasteiger charge is 2.66. The number of carbonyl (C=O) groups is 1. The maximum Gasteiger partial charge on any atom is 0.150 e. The first-order valence-corrected chi connectivity index (χ1v) is 8.21. The van der Waals surface area contributed by atoms with E-state index in [2.05, 4.69) is 25.8 Å². The molecule has 2 saturated carbocycles. The molecule has 3 rings (SSSR count). The fraction of sp³-hybridized carbons (Fsp3) is 0.846. The predicted octanol–water partition coefficient (Wildman–Crippen LogP) is 3.22. The van der Waals surface area contributed by atoms with Gasteiger partial charge in [0, 0.05) is 11.7 Å². The van der Waals surface area contributed by atoms with Crippen LogP contribution in [-0.2, 0) is 4.79 Å². The van der Waals surface area contributed by atoms with Crippen molar-refractivity contribution in [2.45, 2.75) is 38.9 Å². The summed E-state index contributed by atoms with van der Waals surface area (Å²) in [7, 11) is 0. The maximum atomic E-state index is 12.5. The van der Waals surface area contributed by atoms with Gasteiger partial charge in [0.1, 0.15) is 10.2 Å². The molecule has 0 aromatic carbocycles. The average molecular weight is 269 g/mol. The molecule has 0 aromatic rings. The summed E-state index contributed by atoms with van der Waals surface area (Å²) < 4.78 is 1.15. The lowest BCUT2D eigenvalue weighted by molar-refractivity contribution is -0.122. The van der Waals surface area contributed by atoms with E-state index in [0.717, 1.165) is 23.1 Å². The van der Waals surface area contributed by atoms with E-state index in [1.807, 2.05) is 11.8 Å². The average Bonchev–Trinajstić information content (AvgIpc) is 2.86. The smallest absolute Gasteiger partial charge is 0.150 e. The van der Waals surface area contributed by atoms with E-state index in [-0.39, 0.29) is 22.0 Å². The van der Waals surface area contributed by atoms with Gasteiger partial charge in [0.2, 0.25) is 0 Å². The quantitative estimate of drug-likeness (QED) is 0.732. The van der Waals surface area contributed by atoms with Gasteiger partial charge >= 0.3 is 0 Å². The molecule has 2 nitrogen and oxygen atoms in total. The lowest BCUT2D eigenvalue weighted by Gasteiger charge is -2.37. The molecule has 1 heterocycles. The maximum absolute atomic E-state index is 12.5. The summed E-state index contributed by atoms with van der Waals surface area (Å²) in [5.41, 5.74) is 0.344. The number of Topliss-reactive ketones (excluding diaryl/α,β-unsaturated/α-hetero) is 1. The highest BCUT2D eigenvalue weighted by Crippen LogP contribution is 2.66. The number of hydrogen-bond acceptors (Lipinski definition) is 4. The molecule has 0 N–H and O–H groups in total. The van der Waals surface area contributed by atoms with Gasteiger partial charge in [-0.05, 0) is 23.7 Å². The Bertz CT molecular complexity index is 404. The van der Waals surface area contributed by atoms with Crippen LogP contribution in [0, 0.1) is 16.7 Å². The van der Waals surface area contributed by atoms with E-state index < -0.39 is 0 Å². The van der Waals surface area contributed by atoms with Crippen LogP contribution in [0.2, 0.25) is 0 Å². The summed E-state index contributed by atoms with van der Waals surface area (Å²) >= 11 is 3.57. The van der Waals surface area contributed by atoms with Crippen molar-refractivity contribution in [3.8, 4) is 0 Å². The first kappa shape index (κ1) is 12.1. The van der Waals surface area contributed by atoms with Crippen molar-refractivity contribution in [3.05, 3.63) is 0 Å². The van der Waals surface area contributed by atoms with Gasteiger partial charge < -0.3 is 0 Å². The Morgan fingerprint density at radius 1 is 1.41 bits per heavy atom. The third-order valence-corrected chi connectivity index (χ3v) is 7.98. The lowest BCUT2D eigenvalue weighted by Crippen LogP contribution is -2.36. The van der Waals surface area contributed by atoms with Crippen molar-refractivity contribution in [3.63, 3.8) is 0 Å². The van der Waals surface area contributed by atoms with Crippen LogP contribution in [0.1, 0.15) is 33.6 Å². The van der Waals surface area contributed by atoms with Crippen LogP contribution >= 0.6 is 23.5 Å². The van der Waals surface area contributed by atoms with Crippen LogP contribution < -0.4 is 0 Å². The van der Waals surface area contributed by atoms with Gasteiger partial charge in [-0.2, -0.15) is 0 Å². The highest BCUT2D eigenvalue weighted by molar-refractivity contribution is 8.39. The van der Waals surface area contributed by atoms with E-state index in [4.69, 9.17) is 0 Å². The minimum Gasteiger partial charge on any atom is -0.298 e. The van der Waals surface area contributed by atoms with E-state index >= 15 is 0 Å². The molecule has 2 aliphatic carbocycles. The van der Waals surface area contributed by atoms with Crippen LogP contribution in [0.5, 0.6) is 0 Å². The Morgan fingerprint density at radius 2 is 2.18 bits per heavy atom. The number of nitrogens with zero attached hydrogens (tertiary/aromatic N) is 1. The molecule has 3 aliphatic rings. The van der Waals surface area contributed by atoms with Gasteiger partial charge in [0.05, 0.1) is 11.8 Å². The Morgan fingerprint density at radius 3 is 2.71 bits per heavy atom. The molecule has 4 heteroatoms. The monoisotopic (exact) mass is 269 g/mol. The third-order valence-electron chi connectivity index (χ3n) is 5.25. The van der Waals surface area contributed by atoms with Gasteiger partial charge in [-0.3, -0.25) is 9.79 Å². The predicted molar refractivity (Wildman–Crippen MR) is 75.8 cm³/mol. The second-order valence-electron chi connectivity index (χ2n) is 6.13. The van der Waals surface area contributed by atoms with Crippen LogP contribution in [0.25, 0.3) is 0 Å². The number of rotatable bonds is 1. The molecule has 0 aromatic heterocycles. The molecule has 2 fully saturated rings. The molecule has 17 heavy (non-hydrogen) atoms. The molecule has 2 bridgehead atoms. The zero-order valence-corrected chi connectivity index (χ0v) is 12.3. The van der Waals surface area contributed by atoms with Crippen LogP contribution in [0.4, 0.5) is 0 Å². The zero-order chi connectivity index (χ0) is 12.3.